The highest BCUT2D eigenvalue weighted by molar-refractivity contribution is 7.87. The maximum absolute atomic E-state index is 13.2. The SMILES string of the molecule is O=C(NO)C1(S(=O)c2ccc(-c3ccc(OCC(F)(F)C(F)(F)F)cc3)cc2)CCOCC1. The minimum atomic E-state index is -5.70. The summed E-state index contributed by atoms with van der Waals surface area (Å²) in [5, 5.41) is 9.10. The molecule has 1 amide bonds. The number of amides is 1. The molecule has 1 aliphatic heterocycles. The zero-order valence-corrected chi connectivity index (χ0v) is 17.8. The van der Waals surface area contributed by atoms with Crippen LogP contribution >= 0.6 is 0 Å². The van der Waals surface area contributed by atoms with Crippen molar-refractivity contribution in [1.29, 1.82) is 0 Å². The first kappa shape index (κ1) is 25.1. The van der Waals surface area contributed by atoms with E-state index in [2.05, 4.69) is 4.74 Å². The van der Waals surface area contributed by atoms with Gasteiger partial charge in [-0.2, -0.15) is 22.0 Å². The van der Waals surface area contributed by atoms with Crippen LogP contribution in [0.25, 0.3) is 11.1 Å². The van der Waals surface area contributed by atoms with Gasteiger partial charge in [0, 0.05) is 18.1 Å². The summed E-state index contributed by atoms with van der Waals surface area (Å²) in [4.78, 5) is 12.6. The number of hydroxylamine groups is 1. The van der Waals surface area contributed by atoms with Gasteiger partial charge >= 0.3 is 12.1 Å². The smallest absolute Gasteiger partial charge is 0.456 e. The van der Waals surface area contributed by atoms with Crippen LogP contribution in [0.5, 0.6) is 5.75 Å². The molecule has 1 saturated heterocycles. The number of hydrogen-bond acceptors (Lipinski definition) is 5. The molecule has 33 heavy (non-hydrogen) atoms. The Morgan fingerprint density at radius 1 is 1.00 bits per heavy atom. The molecule has 0 radical (unpaired) electrons. The molecule has 180 valence electrons. The molecule has 2 N–H and O–H groups in total. The number of carbonyl (C=O) groups is 1. The number of ether oxygens (including phenoxy) is 2. The van der Waals surface area contributed by atoms with Crippen molar-refractivity contribution in [1.82, 2.24) is 5.48 Å². The van der Waals surface area contributed by atoms with Crippen molar-refractivity contribution in [3.8, 4) is 16.9 Å². The largest absolute Gasteiger partial charge is 0.487 e. The van der Waals surface area contributed by atoms with Gasteiger partial charge in [-0.1, -0.05) is 24.3 Å². The van der Waals surface area contributed by atoms with E-state index in [1.54, 1.807) is 29.7 Å². The third-order valence-corrected chi connectivity index (χ3v) is 7.27. The van der Waals surface area contributed by atoms with E-state index in [-0.39, 0.29) is 31.8 Å². The number of rotatable bonds is 7. The van der Waals surface area contributed by atoms with Crippen LogP contribution in [0.3, 0.4) is 0 Å². The molecule has 1 fully saturated rings. The van der Waals surface area contributed by atoms with E-state index in [9.17, 15) is 31.0 Å². The van der Waals surface area contributed by atoms with Crippen molar-refractivity contribution >= 4 is 16.7 Å². The minimum Gasteiger partial charge on any atom is -0.487 e. The van der Waals surface area contributed by atoms with Gasteiger partial charge in [0.05, 0.1) is 10.8 Å². The number of nitrogens with one attached hydrogen (secondary N) is 1. The molecule has 0 aromatic heterocycles. The molecule has 1 heterocycles. The van der Waals surface area contributed by atoms with E-state index < -0.39 is 40.2 Å². The average Bonchev–Trinajstić information content (AvgIpc) is 2.82. The van der Waals surface area contributed by atoms with Crippen LogP contribution in [0.4, 0.5) is 22.0 Å². The first-order chi connectivity index (χ1) is 15.5. The third kappa shape index (κ3) is 5.33. The second kappa shape index (κ2) is 9.74. The quantitative estimate of drug-likeness (QED) is 0.345. The highest BCUT2D eigenvalue weighted by Gasteiger charge is 2.58. The molecule has 0 saturated carbocycles. The van der Waals surface area contributed by atoms with E-state index in [1.165, 1.54) is 24.3 Å². The monoisotopic (exact) mass is 493 g/mol. The lowest BCUT2D eigenvalue weighted by Gasteiger charge is -2.33. The fourth-order valence-electron chi connectivity index (χ4n) is 3.30. The van der Waals surface area contributed by atoms with E-state index in [0.717, 1.165) is 0 Å². The predicted molar refractivity (Wildman–Crippen MR) is 107 cm³/mol. The Morgan fingerprint density at radius 3 is 2.00 bits per heavy atom. The molecule has 2 aromatic rings. The van der Waals surface area contributed by atoms with Crippen molar-refractivity contribution in [3.63, 3.8) is 0 Å². The number of halogens is 5. The van der Waals surface area contributed by atoms with Gasteiger partial charge in [-0.05, 0) is 48.2 Å². The number of benzene rings is 2. The van der Waals surface area contributed by atoms with Gasteiger partial charge in [-0.15, -0.1) is 0 Å². The van der Waals surface area contributed by atoms with E-state index in [1.807, 2.05) is 0 Å². The molecule has 0 aliphatic carbocycles. The van der Waals surface area contributed by atoms with Crippen LogP contribution in [-0.2, 0) is 20.3 Å². The van der Waals surface area contributed by atoms with Gasteiger partial charge in [-0.3, -0.25) is 14.2 Å². The molecule has 12 heteroatoms. The Hall–Kier alpha value is -2.57. The molecule has 2 aromatic carbocycles. The molecule has 3 rings (SSSR count). The van der Waals surface area contributed by atoms with Crippen molar-refractivity contribution in [3.05, 3.63) is 48.5 Å². The second-order valence-electron chi connectivity index (χ2n) is 7.36. The lowest BCUT2D eigenvalue weighted by molar-refractivity contribution is -0.290. The van der Waals surface area contributed by atoms with Crippen molar-refractivity contribution < 1.29 is 45.6 Å². The zero-order chi connectivity index (χ0) is 24.3. The lowest BCUT2D eigenvalue weighted by Crippen LogP contribution is -2.52. The first-order valence-corrected chi connectivity index (χ1v) is 10.9. The summed E-state index contributed by atoms with van der Waals surface area (Å²) in [5.41, 5.74) is 2.84. The van der Waals surface area contributed by atoms with Crippen LogP contribution in [0.2, 0.25) is 0 Å². The van der Waals surface area contributed by atoms with E-state index >= 15 is 0 Å². The number of alkyl halides is 5. The maximum Gasteiger partial charge on any atom is 0.456 e. The van der Waals surface area contributed by atoms with Gasteiger partial charge in [0.1, 0.15) is 10.5 Å². The summed E-state index contributed by atoms with van der Waals surface area (Å²) in [6.07, 6.45) is -5.36. The Balaban J connectivity index is 1.72. The normalized spacial score (nSPS) is 17.3. The standard InChI is InChI=1S/C21H20F5NO5S/c22-20(23,21(24,25)26)13-32-16-5-1-14(2-6-16)15-3-7-17(8-4-15)33(30)19(18(28)27-29)9-11-31-12-10-19/h1-8,29H,9-13H2,(H,27,28). The van der Waals surface area contributed by atoms with Crippen molar-refractivity contribution in [2.75, 3.05) is 19.8 Å². The highest BCUT2D eigenvalue weighted by Crippen LogP contribution is 2.36. The first-order valence-electron chi connectivity index (χ1n) is 9.72. The zero-order valence-electron chi connectivity index (χ0n) is 17.0. The molecule has 0 spiro atoms. The van der Waals surface area contributed by atoms with Crippen LogP contribution in [0.1, 0.15) is 12.8 Å². The van der Waals surface area contributed by atoms with Gasteiger partial charge in [0.25, 0.3) is 5.91 Å². The van der Waals surface area contributed by atoms with Crippen LogP contribution in [0.15, 0.2) is 53.4 Å². The second-order valence-corrected chi connectivity index (χ2v) is 9.15. The molecule has 1 unspecified atom stereocenters. The summed E-state index contributed by atoms with van der Waals surface area (Å²) in [6, 6.07) is 11.9. The molecular formula is C21H20F5NO5S. The molecule has 0 bridgehead atoms. The fourth-order valence-corrected chi connectivity index (χ4v) is 4.88. The Kier molecular flexibility index (Phi) is 7.39. The predicted octanol–water partition coefficient (Wildman–Crippen LogP) is 4.09. The number of hydrogen-bond donors (Lipinski definition) is 2. The van der Waals surface area contributed by atoms with Crippen LogP contribution in [-0.4, -0.2) is 52.0 Å². The van der Waals surface area contributed by atoms with Gasteiger partial charge in [0.15, 0.2) is 6.61 Å². The van der Waals surface area contributed by atoms with Crippen LogP contribution < -0.4 is 10.2 Å². The van der Waals surface area contributed by atoms with Crippen molar-refractivity contribution in [2.45, 2.75) is 34.6 Å². The van der Waals surface area contributed by atoms with Gasteiger partial charge in [-0.25, -0.2) is 5.48 Å². The highest BCUT2D eigenvalue weighted by atomic mass is 32.2. The number of carbonyl (C=O) groups excluding carboxylic acids is 1. The third-order valence-electron chi connectivity index (χ3n) is 5.26. The Morgan fingerprint density at radius 2 is 1.52 bits per heavy atom. The molecule has 6 nitrogen and oxygen atoms in total. The van der Waals surface area contributed by atoms with E-state index in [4.69, 9.17) is 9.94 Å². The lowest BCUT2D eigenvalue weighted by atomic mass is 9.98. The van der Waals surface area contributed by atoms with Crippen molar-refractivity contribution in [2.24, 2.45) is 0 Å². The summed E-state index contributed by atoms with van der Waals surface area (Å²) < 4.78 is 84.3. The Labute approximate surface area is 188 Å². The summed E-state index contributed by atoms with van der Waals surface area (Å²) in [7, 11) is -1.78. The molecule has 1 atom stereocenters. The van der Waals surface area contributed by atoms with Gasteiger partial charge < -0.3 is 9.47 Å². The maximum atomic E-state index is 13.2. The fraction of sp³-hybridized carbons (Fsp3) is 0.381. The molecular weight excluding hydrogens is 473 g/mol. The Bertz CT molecular complexity index is 990. The summed E-state index contributed by atoms with van der Waals surface area (Å²) >= 11 is 0. The summed E-state index contributed by atoms with van der Waals surface area (Å²) in [6.45, 7) is -1.38. The topological polar surface area (TPSA) is 84.9 Å². The van der Waals surface area contributed by atoms with E-state index in [0.29, 0.717) is 16.0 Å². The minimum absolute atomic E-state index is 0.156. The average molecular weight is 493 g/mol. The van der Waals surface area contributed by atoms with Crippen LogP contribution in [0, 0.1) is 0 Å². The summed E-state index contributed by atoms with van der Waals surface area (Å²) in [5.74, 6) is -5.87. The molecule has 1 aliphatic rings. The van der Waals surface area contributed by atoms with Gasteiger partial charge in [0.2, 0.25) is 0 Å².